The maximum absolute atomic E-state index is 13.3. The lowest BCUT2D eigenvalue weighted by Crippen LogP contribution is -2.22. The molecule has 2 N–H and O–H groups in total. The Hall–Kier alpha value is -0.670. The van der Waals surface area contributed by atoms with Gasteiger partial charge in [-0.2, -0.15) is 0 Å². The highest BCUT2D eigenvalue weighted by molar-refractivity contribution is 6.30. The van der Waals surface area contributed by atoms with E-state index in [1.54, 1.807) is 0 Å². The molecule has 14 heavy (non-hydrogen) atoms. The van der Waals surface area contributed by atoms with Crippen LogP contribution in [0.2, 0.25) is 5.02 Å². The average Bonchev–Trinajstić information content (AvgIpc) is 2.18. The molecule has 0 aliphatic carbocycles. The second-order valence-electron chi connectivity index (χ2n) is 3.19. The molecule has 0 aliphatic rings. The van der Waals surface area contributed by atoms with Gasteiger partial charge in [0.25, 0.3) is 0 Å². The van der Waals surface area contributed by atoms with E-state index in [0.717, 1.165) is 6.07 Å². The zero-order valence-electron chi connectivity index (χ0n) is 7.86. The van der Waals surface area contributed by atoms with Crippen molar-refractivity contribution in [2.75, 3.05) is 0 Å². The van der Waals surface area contributed by atoms with Gasteiger partial charge in [-0.15, -0.1) is 0 Å². The van der Waals surface area contributed by atoms with Crippen LogP contribution in [0.4, 0.5) is 8.78 Å². The Morgan fingerprint density at radius 2 is 2.07 bits per heavy atom. The van der Waals surface area contributed by atoms with E-state index >= 15 is 0 Å². The summed E-state index contributed by atoms with van der Waals surface area (Å²) in [6.45, 7) is 1.87. The molecule has 1 aromatic rings. The van der Waals surface area contributed by atoms with E-state index in [9.17, 15) is 8.78 Å². The summed E-state index contributed by atoms with van der Waals surface area (Å²) in [5, 5.41) is -0.0651. The van der Waals surface area contributed by atoms with Crippen LogP contribution in [0.1, 0.15) is 18.9 Å². The Bertz CT molecular complexity index is 328. The van der Waals surface area contributed by atoms with Crippen molar-refractivity contribution in [3.05, 3.63) is 34.4 Å². The molecule has 0 heterocycles. The Morgan fingerprint density at radius 3 is 2.64 bits per heavy atom. The number of nitrogens with two attached hydrogens (primary N) is 1. The van der Waals surface area contributed by atoms with Gasteiger partial charge in [-0.1, -0.05) is 18.5 Å². The first-order valence-electron chi connectivity index (χ1n) is 4.44. The van der Waals surface area contributed by atoms with Crippen LogP contribution in [-0.2, 0) is 6.42 Å². The van der Waals surface area contributed by atoms with Crippen molar-refractivity contribution in [2.24, 2.45) is 5.73 Å². The molecule has 0 aliphatic heterocycles. The third-order valence-electron chi connectivity index (χ3n) is 2.13. The standard InChI is InChI=1S/C10H12ClF2N/c1-2-6(14)5-7-9(12)4-3-8(11)10(7)13/h3-4,6H,2,5,14H2,1H3. The minimum absolute atomic E-state index is 0.0214. The second kappa shape index (κ2) is 4.71. The van der Waals surface area contributed by atoms with Gasteiger partial charge < -0.3 is 5.73 Å². The topological polar surface area (TPSA) is 26.0 Å². The first kappa shape index (κ1) is 11.4. The predicted octanol–water partition coefficient (Wildman–Crippen LogP) is 2.90. The molecule has 0 amide bonds. The molecule has 0 bridgehead atoms. The third kappa shape index (κ3) is 2.42. The van der Waals surface area contributed by atoms with Crippen LogP contribution >= 0.6 is 11.6 Å². The molecule has 0 saturated carbocycles. The van der Waals surface area contributed by atoms with Crippen LogP contribution in [0.15, 0.2) is 12.1 Å². The van der Waals surface area contributed by atoms with Crippen molar-refractivity contribution in [3.63, 3.8) is 0 Å². The summed E-state index contributed by atoms with van der Waals surface area (Å²) in [5.41, 5.74) is 5.59. The first-order valence-corrected chi connectivity index (χ1v) is 4.82. The molecule has 0 fully saturated rings. The maximum Gasteiger partial charge on any atom is 0.147 e. The van der Waals surface area contributed by atoms with E-state index in [1.807, 2.05) is 6.92 Å². The molecular weight excluding hydrogens is 208 g/mol. The number of hydrogen-bond acceptors (Lipinski definition) is 1. The quantitative estimate of drug-likeness (QED) is 0.778. The van der Waals surface area contributed by atoms with Gasteiger partial charge in [-0.3, -0.25) is 0 Å². The summed E-state index contributed by atoms with van der Waals surface area (Å²) in [4.78, 5) is 0. The van der Waals surface area contributed by atoms with E-state index in [0.29, 0.717) is 6.42 Å². The van der Waals surface area contributed by atoms with Crippen molar-refractivity contribution >= 4 is 11.6 Å². The molecule has 78 valence electrons. The van der Waals surface area contributed by atoms with E-state index in [1.165, 1.54) is 6.07 Å². The summed E-state index contributed by atoms with van der Waals surface area (Å²) in [7, 11) is 0. The summed E-state index contributed by atoms with van der Waals surface area (Å²) in [6, 6.07) is 2.12. The van der Waals surface area contributed by atoms with Gasteiger partial charge >= 0.3 is 0 Å². The van der Waals surface area contributed by atoms with Crippen LogP contribution in [-0.4, -0.2) is 6.04 Å². The zero-order valence-corrected chi connectivity index (χ0v) is 8.61. The lowest BCUT2D eigenvalue weighted by molar-refractivity contribution is 0.531. The Morgan fingerprint density at radius 1 is 1.43 bits per heavy atom. The molecule has 1 nitrogen and oxygen atoms in total. The average molecular weight is 220 g/mol. The van der Waals surface area contributed by atoms with Crippen LogP contribution in [0.3, 0.4) is 0 Å². The van der Waals surface area contributed by atoms with E-state index in [-0.39, 0.29) is 23.0 Å². The van der Waals surface area contributed by atoms with Crippen LogP contribution in [0.25, 0.3) is 0 Å². The fourth-order valence-electron chi connectivity index (χ4n) is 1.16. The molecule has 1 rings (SSSR count). The number of benzene rings is 1. The highest BCUT2D eigenvalue weighted by Crippen LogP contribution is 2.22. The van der Waals surface area contributed by atoms with Crippen molar-refractivity contribution in [1.29, 1.82) is 0 Å². The largest absolute Gasteiger partial charge is 0.327 e. The van der Waals surface area contributed by atoms with Gasteiger partial charge in [0.2, 0.25) is 0 Å². The Labute approximate surface area is 86.9 Å². The summed E-state index contributed by atoms with van der Waals surface area (Å²) < 4.78 is 26.5. The number of rotatable bonds is 3. The lowest BCUT2D eigenvalue weighted by atomic mass is 10.0. The Balaban J connectivity index is 3.00. The molecule has 1 unspecified atom stereocenters. The third-order valence-corrected chi connectivity index (χ3v) is 2.42. The molecule has 0 radical (unpaired) electrons. The maximum atomic E-state index is 13.3. The van der Waals surface area contributed by atoms with Crippen molar-refractivity contribution in [3.8, 4) is 0 Å². The normalized spacial score (nSPS) is 12.9. The Kier molecular flexibility index (Phi) is 3.84. The van der Waals surface area contributed by atoms with Gasteiger partial charge in [-0.25, -0.2) is 8.78 Å². The molecule has 1 aromatic carbocycles. The van der Waals surface area contributed by atoms with E-state index in [2.05, 4.69) is 0 Å². The van der Waals surface area contributed by atoms with Gasteiger partial charge in [0.1, 0.15) is 11.6 Å². The van der Waals surface area contributed by atoms with Crippen molar-refractivity contribution in [1.82, 2.24) is 0 Å². The summed E-state index contributed by atoms with van der Waals surface area (Å²) >= 11 is 5.53. The van der Waals surface area contributed by atoms with Crippen LogP contribution in [0.5, 0.6) is 0 Å². The van der Waals surface area contributed by atoms with Gasteiger partial charge in [0.05, 0.1) is 5.02 Å². The zero-order chi connectivity index (χ0) is 10.7. The van der Waals surface area contributed by atoms with Gasteiger partial charge in [-0.05, 0) is 25.0 Å². The smallest absolute Gasteiger partial charge is 0.147 e. The lowest BCUT2D eigenvalue weighted by Gasteiger charge is -2.10. The fraction of sp³-hybridized carbons (Fsp3) is 0.400. The van der Waals surface area contributed by atoms with Gasteiger partial charge in [0.15, 0.2) is 0 Å². The molecule has 0 spiro atoms. The molecular formula is C10H12ClF2N. The molecule has 0 saturated heterocycles. The van der Waals surface area contributed by atoms with Crippen LogP contribution < -0.4 is 5.73 Å². The summed E-state index contributed by atoms with van der Waals surface area (Å²) in [5.74, 6) is -1.29. The van der Waals surface area contributed by atoms with Crippen molar-refractivity contribution in [2.45, 2.75) is 25.8 Å². The van der Waals surface area contributed by atoms with E-state index in [4.69, 9.17) is 17.3 Å². The molecule has 1 atom stereocenters. The molecule has 4 heteroatoms. The highest BCUT2D eigenvalue weighted by atomic mass is 35.5. The van der Waals surface area contributed by atoms with Crippen LogP contribution in [0, 0.1) is 11.6 Å². The number of halogens is 3. The summed E-state index contributed by atoms with van der Waals surface area (Å²) in [6.07, 6.45) is 0.847. The SMILES string of the molecule is CCC(N)Cc1c(F)ccc(Cl)c1F. The van der Waals surface area contributed by atoms with Gasteiger partial charge in [0, 0.05) is 11.6 Å². The highest BCUT2D eigenvalue weighted by Gasteiger charge is 2.14. The van der Waals surface area contributed by atoms with E-state index < -0.39 is 11.6 Å². The van der Waals surface area contributed by atoms with Crippen molar-refractivity contribution < 1.29 is 8.78 Å². The second-order valence-corrected chi connectivity index (χ2v) is 3.60. The predicted molar refractivity (Wildman–Crippen MR) is 53.3 cm³/mol. The fourth-order valence-corrected chi connectivity index (χ4v) is 1.34. The first-order chi connectivity index (χ1) is 6.56. The number of hydrogen-bond donors (Lipinski definition) is 1. The minimum atomic E-state index is -0.699. The monoisotopic (exact) mass is 219 g/mol. The minimum Gasteiger partial charge on any atom is -0.327 e. The molecule has 0 aromatic heterocycles.